The highest BCUT2D eigenvalue weighted by atomic mass is 16.5. The molecule has 116 valence electrons. The second kappa shape index (κ2) is 8.25. The molecule has 1 saturated heterocycles. The lowest BCUT2D eigenvalue weighted by Gasteiger charge is -2.42. The maximum atomic E-state index is 12.3. The molecule has 0 aromatic heterocycles. The van der Waals surface area contributed by atoms with Gasteiger partial charge in [0.05, 0.1) is 5.92 Å². The van der Waals surface area contributed by atoms with E-state index in [1.54, 1.807) is 4.90 Å². The van der Waals surface area contributed by atoms with E-state index < -0.39 is 0 Å². The Morgan fingerprint density at radius 3 is 2.55 bits per heavy atom. The molecule has 0 aromatic rings. The van der Waals surface area contributed by atoms with Crippen LogP contribution in [0.5, 0.6) is 0 Å². The normalized spacial score (nSPS) is 26.6. The summed E-state index contributed by atoms with van der Waals surface area (Å²) in [6, 6.07) is 0.00957. The van der Waals surface area contributed by atoms with Gasteiger partial charge in [0, 0.05) is 18.7 Å². The molecule has 0 spiro atoms. The molecule has 1 aliphatic heterocycles. The number of likely N-dealkylation sites (tertiary alicyclic amines) is 1. The fourth-order valence-electron chi connectivity index (χ4n) is 2.94. The van der Waals surface area contributed by atoms with Crippen molar-refractivity contribution in [3.8, 4) is 0 Å². The summed E-state index contributed by atoms with van der Waals surface area (Å²) in [5, 5.41) is 0. The van der Waals surface area contributed by atoms with Crippen LogP contribution in [-0.2, 0) is 14.3 Å². The van der Waals surface area contributed by atoms with Gasteiger partial charge in [0.15, 0.2) is 0 Å². The quantitative estimate of drug-likeness (QED) is 0.723. The maximum Gasteiger partial charge on any atom is 0.249 e. The predicted molar refractivity (Wildman–Crippen MR) is 78.0 cm³/mol. The van der Waals surface area contributed by atoms with Crippen LogP contribution in [0.2, 0.25) is 0 Å². The number of piperidine rings is 1. The standard InChI is InChI=1S/C15H28N2O3/c1-4-5-6-9-20-10-14(18)17-11(2)7-8-13(12(17)3)15(16)19/h11-13H,4-10H2,1-3H3,(H2,16,19). The molecule has 3 atom stereocenters. The Bertz CT molecular complexity index is 333. The molecule has 20 heavy (non-hydrogen) atoms. The summed E-state index contributed by atoms with van der Waals surface area (Å²) in [7, 11) is 0. The largest absolute Gasteiger partial charge is 0.372 e. The van der Waals surface area contributed by atoms with Gasteiger partial charge in [-0.1, -0.05) is 19.8 Å². The van der Waals surface area contributed by atoms with Gasteiger partial charge in [-0.25, -0.2) is 0 Å². The Morgan fingerprint density at radius 2 is 1.95 bits per heavy atom. The van der Waals surface area contributed by atoms with Crippen LogP contribution < -0.4 is 5.73 Å². The Morgan fingerprint density at radius 1 is 1.25 bits per heavy atom. The average Bonchev–Trinajstić information content (AvgIpc) is 2.38. The van der Waals surface area contributed by atoms with Crippen molar-refractivity contribution in [2.45, 2.75) is 65.0 Å². The minimum absolute atomic E-state index is 0.0348. The zero-order valence-corrected chi connectivity index (χ0v) is 12.9. The molecule has 2 amide bonds. The zero-order valence-electron chi connectivity index (χ0n) is 12.9. The second-order valence-electron chi connectivity index (χ2n) is 5.74. The molecular formula is C15H28N2O3. The van der Waals surface area contributed by atoms with Crippen molar-refractivity contribution in [1.82, 2.24) is 4.90 Å². The fourth-order valence-corrected chi connectivity index (χ4v) is 2.94. The Hall–Kier alpha value is -1.10. The van der Waals surface area contributed by atoms with Gasteiger partial charge in [0.1, 0.15) is 6.61 Å². The van der Waals surface area contributed by atoms with Crippen LogP contribution >= 0.6 is 0 Å². The van der Waals surface area contributed by atoms with Gasteiger partial charge in [-0.2, -0.15) is 0 Å². The molecule has 1 fully saturated rings. The van der Waals surface area contributed by atoms with Crippen molar-refractivity contribution < 1.29 is 14.3 Å². The van der Waals surface area contributed by atoms with Gasteiger partial charge in [-0.05, 0) is 33.1 Å². The topological polar surface area (TPSA) is 72.6 Å². The van der Waals surface area contributed by atoms with E-state index in [0.29, 0.717) is 6.61 Å². The first-order chi connectivity index (χ1) is 9.49. The number of amides is 2. The molecule has 2 N–H and O–H groups in total. The predicted octanol–water partition coefficient (Wildman–Crippen LogP) is 1.69. The second-order valence-corrected chi connectivity index (χ2v) is 5.74. The molecular weight excluding hydrogens is 256 g/mol. The summed E-state index contributed by atoms with van der Waals surface area (Å²) < 4.78 is 5.44. The molecule has 0 aromatic carbocycles. The number of carbonyl (C=O) groups excluding carboxylic acids is 2. The van der Waals surface area contributed by atoms with Gasteiger partial charge in [-0.3, -0.25) is 9.59 Å². The third-order valence-electron chi connectivity index (χ3n) is 4.16. The van der Waals surface area contributed by atoms with Crippen LogP contribution in [-0.4, -0.2) is 42.0 Å². The van der Waals surface area contributed by atoms with Crippen molar-refractivity contribution >= 4 is 11.8 Å². The molecule has 5 heteroatoms. The summed E-state index contributed by atoms with van der Waals surface area (Å²) in [5.41, 5.74) is 5.41. The van der Waals surface area contributed by atoms with Gasteiger partial charge < -0.3 is 15.4 Å². The van der Waals surface area contributed by atoms with E-state index in [1.165, 1.54) is 0 Å². The molecule has 0 bridgehead atoms. The first kappa shape index (κ1) is 17.0. The molecule has 3 unspecified atom stereocenters. The molecule has 0 saturated carbocycles. The number of ether oxygens (including phenoxy) is 1. The molecule has 5 nitrogen and oxygen atoms in total. The smallest absolute Gasteiger partial charge is 0.249 e. The van der Waals surface area contributed by atoms with Crippen LogP contribution in [0.1, 0.15) is 52.9 Å². The summed E-state index contributed by atoms with van der Waals surface area (Å²) in [5.74, 6) is -0.589. The molecule has 1 rings (SSSR count). The average molecular weight is 284 g/mol. The van der Waals surface area contributed by atoms with Gasteiger partial charge in [-0.15, -0.1) is 0 Å². The van der Waals surface area contributed by atoms with Gasteiger partial charge >= 0.3 is 0 Å². The molecule has 1 aliphatic rings. The van der Waals surface area contributed by atoms with E-state index >= 15 is 0 Å². The number of hydrogen-bond acceptors (Lipinski definition) is 3. The van der Waals surface area contributed by atoms with Crippen LogP contribution in [0.4, 0.5) is 0 Å². The maximum absolute atomic E-state index is 12.3. The third-order valence-corrected chi connectivity index (χ3v) is 4.16. The van der Waals surface area contributed by atoms with Crippen LogP contribution in [0, 0.1) is 5.92 Å². The van der Waals surface area contributed by atoms with Crippen molar-refractivity contribution in [2.24, 2.45) is 11.7 Å². The van der Waals surface area contributed by atoms with E-state index in [1.807, 2.05) is 13.8 Å². The van der Waals surface area contributed by atoms with Crippen molar-refractivity contribution in [1.29, 1.82) is 0 Å². The lowest BCUT2D eigenvalue weighted by molar-refractivity contribution is -0.146. The van der Waals surface area contributed by atoms with E-state index in [4.69, 9.17) is 10.5 Å². The SMILES string of the molecule is CCCCCOCC(=O)N1C(C)CCC(C(N)=O)C1C. The lowest BCUT2D eigenvalue weighted by atomic mass is 9.86. The van der Waals surface area contributed by atoms with Crippen LogP contribution in [0.3, 0.4) is 0 Å². The highest BCUT2D eigenvalue weighted by Gasteiger charge is 2.37. The zero-order chi connectivity index (χ0) is 15.1. The monoisotopic (exact) mass is 284 g/mol. The van der Waals surface area contributed by atoms with Gasteiger partial charge in [0.2, 0.25) is 11.8 Å². The first-order valence-corrected chi connectivity index (χ1v) is 7.67. The van der Waals surface area contributed by atoms with Crippen LogP contribution in [0.25, 0.3) is 0 Å². The van der Waals surface area contributed by atoms with Gasteiger partial charge in [0.25, 0.3) is 0 Å². The number of nitrogens with zero attached hydrogens (tertiary/aromatic N) is 1. The first-order valence-electron chi connectivity index (χ1n) is 7.67. The molecule has 0 radical (unpaired) electrons. The highest BCUT2D eigenvalue weighted by Crippen LogP contribution is 2.27. The summed E-state index contributed by atoms with van der Waals surface area (Å²) >= 11 is 0. The molecule has 0 aliphatic carbocycles. The number of rotatable bonds is 7. The minimum Gasteiger partial charge on any atom is -0.372 e. The minimum atomic E-state index is -0.314. The van der Waals surface area contributed by atoms with Crippen LogP contribution in [0.15, 0.2) is 0 Å². The number of unbranched alkanes of at least 4 members (excludes halogenated alkanes) is 2. The van der Waals surface area contributed by atoms with E-state index in [0.717, 1.165) is 32.1 Å². The van der Waals surface area contributed by atoms with E-state index in [2.05, 4.69) is 6.92 Å². The number of nitrogens with two attached hydrogens (primary N) is 1. The Balaban J connectivity index is 2.49. The fraction of sp³-hybridized carbons (Fsp3) is 0.867. The number of carbonyl (C=O) groups is 2. The highest BCUT2D eigenvalue weighted by molar-refractivity contribution is 5.81. The summed E-state index contributed by atoms with van der Waals surface area (Å²) in [4.78, 5) is 25.5. The molecule has 1 heterocycles. The Labute approximate surface area is 121 Å². The van der Waals surface area contributed by atoms with Crippen molar-refractivity contribution in [3.05, 3.63) is 0 Å². The summed E-state index contributed by atoms with van der Waals surface area (Å²) in [6.45, 7) is 6.77. The third kappa shape index (κ3) is 4.47. The lowest BCUT2D eigenvalue weighted by Crippen LogP contribution is -2.55. The summed E-state index contributed by atoms with van der Waals surface area (Å²) in [6.07, 6.45) is 4.82. The van der Waals surface area contributed by atoms with Crippen molar-refractivity contribution in [2.75, 3.05) is 13.2 Å². The van der Waals surface area contributed by atoms with Crippen molar-refractivity contribution in [3.63, 3.8) is 0 Å². The number of primary amides is 1. The Kier molecular flexibility index (Phi) is 6.99. The van der Waals surface area contributed by atoms with E-state index in [9.17, 15) is 9.59 Å². The van der Waals surface area contributed by atoms with E-state index in [-0.39, 0.29) is 36.4 Å². The number of hydrogen-bond donors (Lipinski definition) is 1.